The lowest BCUT2D eigenvalue weighted by Gasteiger charge is -2.58. The number of nitrogens with one attached hydrogen (secondary N) is 3. The molecule has 52 heavy (non-hydrogen) atoms. The molecular weight excluding hydrogens is 681 g/mol. The second-order valence-corrected chi connectivity index (χ2v) is 18.8. The van der Waals surface area contributed by atoms with Gasteiger partial charge in [-0.15, -0.1) is 0 Å². The highest BCUT2D eigenvalue weighted by Gasteiger charge is 2.59. The molecule has 0 aromatic carbocycles. The standard InChI is InChI=1S/C38H72N7O6P/c1-26(2)7-6-8-27(3)31-11-12-32-30-10-9-28-25-29(13-16-37(28,4)33(30)14-17-38(31,32)5)51-34(46)15-21-48-22-20-45-52(47,49-23-18-43-35(39)40)50-24-19-44-36(41)42/h9,26-27,29-33,35,43H,6-8,10-25,39-40H2,1-5H3,(H,45,47)(H4,41,42,44)/p+1. The molecule has 0 aromatic rings. The smallest absolute Gasteiger partial charge is 0.405 e. The van der Waals surface area contributed by atoms with Crippen molar-refractivity contribution in [2.75, 3.05) is 46.1 Å². The zero-order valence-corrected chi connectivity index (χ0v) is 33.7. The number of nitrogens with two attached hydrogens (primary N) is 4. The lowest BCUT2D eigenvalue weighted by atomic mass is 9.47. The average Bonchev–Trinajstić information content (AvgIpc) is 3.44. The normalized spacial score (nSPS) is 31.6. The third-order valence-electron chi connectivity index (χ3n) is 13.0. The van der Waals surface area contributed by atoms with E-state index in [1.165, 1.54) is 56.9 Å². The summed E-state index contributed by atoms with van der Waals surface area (Å²) < 4.78 is 35.7. The Morgan fingerprint density at radius 3 is 2.48 bits per heavy atom. The van der Waals surface area contributed by atoms with E-state index in [0.717, 1.165) is 54.8 Å². The van der Waals surface area contributed by atoms with Crippen LogP contribution in [0.2, 0.25) is 0 Å². The Hall–Kier alpha value is -1.57. The Balaban J connectivity index is 1.19. The Labute approximate surface area is 313 Å². The van der Waals surface area contributed by atoms with Crippen molar-refractivity contribution in [2.24, 2.45) is 69.3 Å². The number of hydrogen-bond acceptors (Lipinski definition) is 9. The molecule has 11 N–H and O–H groups in total. The minimum Gasteiger partial charge on any atom is -0.462 e. The topological polar surface area (TPSA) is 213 Å². The zero-order chi connectivity index (χ0) is 37.9. The molecule has 13 nitrogen and oxygen atoms in total. The molecule has 0 radical (unpaired) electrons. The monoisotopic (exact) mass is 755 g/mol. The summed E-state index contributed by atoms with van der Waals surface area (Å²) in [5, 5.41) is 5.56. The highest BCUT2D eigenvalue weighted by atomic mass is 31.2. The van der Waals surface area contributed by atoms with Crippen molar-refractivity contribution in [3.63, 3.8) is 0 Å². The van der Waals surface area contributed by atoms with Gasteiger partial charge in [-0.3, -0.25) is 35.6 Å². The molecule has 0 saturated heterocycles. The van der Waals surface area contributed by atoms with Crippen LogP contribution < -0.4 is 38.3 Å². The quantitative estimate of drug-likeness (QED) is 0.0162. The molecule has 0 aliphatic heterocycles. The van der Waals surface area contributed by atoms with E-state index in [0.29, 0.717) is 5.41 Å². The Morgan fingerprint density at radius 2 is 1.75 bits per heavy atom. The fourth-order valence-corrected chi connectivity index (χ4v) is 11.7. The van der Waals surface area contributed by atoms with Gasteiger partial charge in [-0.2, -0.15) is 0 Å². The molecule has 0 spiro atoms. The van der Waals surface area contributed by atoms with Gasteiger partial charge in [0.25, 0.3) is 0 Å². The van der Waals surface area contributed by atoms with Gasteiger partial charge < -0.3 is 20.9 Å². The minimum atomic E-state index is -3.66. The first-order chi connectivity index (χ1) is 24.7. The van der Waals surface area contributed by atoms with Gasteiger partial charge in [0.15, 0.2) is 0 Å². The van der Waals surface area contributed by atoms with E-state index in [1.807, 2.05) is 0 Å². The first kappa shape index (κ1) is 43.2. The maximum atomic E-state index is 13.1. The second kappa shape index (κ2) is 19.8. The van der Waals surface area contributed by atoms with E-state index in [9.17, 15) is 9.36 Å². The summed E-state index contributed by atoms with van der Waals surface area (Å²) in [6.07, 6.45) is 15.6. The summed E-state index contributed by atoms with van der Waals surface area (Å²) in [5.41, 5.74) is 24.0. The molecule has 9 unspecified atom stereocenters. The van der Waals surface area contributed by atoms with E-state index in [2.05, 4.69) is 56.1 Å². The molecular formula is C38H73N7O6P+. The number of allylic oxidation sites excluding steroid dienone is 1. The van der Waals surface area contributed by atoms with E-state index < -0.39 is 14.0 Å². The Bertz CT molecular complexity index is 1250. The highest BCUT2D eigenvalue weighted by Crippen LogP contribution is 2.67. The summed E-state index contributed by atoms with van der Waals surface area (Å²) in [4.78, 5) is 15.5. The van der Waals surface area contributed by atoms with Crippen molar-refractivity contribution in [3.05, 3.63) is 11.6 Å². The van der Waals surface area contributed by atoms with Crippen molar-refractivity contribution in [2.45, 2.75) is 124 Å². The molecule has 0 aromatic heterocycles. The highest BCUT2D eigenvalue weighted by molar-refractivity contribution is 7.51. The fraction of sp³-hybridized carbons (Fsp3) is 0.895. The molecule has 3 fully saturated rings. The van der Waals surface area contributed by atoms with Crippen molar-refractivity contribution >= 4 is 19.7 Å². The van der Waals surface area contributed by atoms with Crippen LogP contribution in [0.15, 0.2) is 11.6 Å². The van der Waals surface area contributed by atoms with Crippen LogP contribution in [-0.2, 0) is 27.9 Å². The molecule has 4 rings (SSSR count). The van der Waals surface area contributed by atoms with Gasteiger partial charge >= 0.3 is 19.7 Å². The molecule has 0 heterocycles. The average molecular weight is 755 g/mol. The Kier molecular flexibility index (Phi) is 16.5. The molecule has 4 aliphatic rings. The van der Waals surface area contributed by atoms with Crippen LogP contribution in [0.1, 0.15) is 112 Å². The van der Waals surface area contributed by atoms with Crippen LogP contribution in [0.4, 0.5) is 0 Å². The van der Waals surface area contributed by atoms with Crippen molar-refractivity contribution < 1.29 is 32.9 Å². The number of carbonyl (C=O) groups is 1. The lowest BCUT2D eigenvalue weighted by molar-refractivity contribution is -0.461. The van der Waals surface area contributed by atoms with Crippen molar-refractivity contribution in [3.8, 4) is 0 Å². The molecule has 3 saturated carbocycles. The number of hydrogen-bond donors (Lipinski definition) is 7. The van der Waals surface area contributed by atoms with Crippen LogP contribution in [0.5, 0.6) is 0 Å². The number of guanidine groups is 1. The summed E-state index contributed by atoms with van der Waals surface area (Å²) in [6, 6.07) is 0. The van der Waals surface area contributed by atoms with Gasteiger partial charge in [0.05, 0.1) is 39.4 Å². The van der Waals surface area contributed by atoms with Crippen LogP contribution in [0.25, 0.3) is 0 Å². The molecule has 300 valence electrons. The van der Waals surface area contributed by atoms with Gasteiger partial charge in [0, 0.05) is 19.5 Å². The van der Waals surface area contributed by atoms with Crippen LogP contribution in [0, 0.1) is 46.3 Å². The summed E-state index contributed by atoms with van der Waals surface area (Å²) in [5.74, 6) is 4.66. The predicted octanol–water partition coefficient (Wildman–Crippen LogP) is 3.22. The van der Waals surface area contributed by atoms with Crippen molar-refractivity contribution in [1.29, 1.82) is 0 Å². The van der Waals surface area contributed by atoms with E-state index in [-0.39, 0.29) is 75.9 Å². The number of rotatable bonds is 22. The minimum absolute atomic E-state index is 0.0353. The molecule has 0 amide bonds. The predicted molar refractivity (Wildman–Crippen MR) is 205 cm³/mol. The molecule has 14 heteroatoms. The number of carbonyl (C=O) groups excluding carboxylic acids is 1. The first-order valence-electron chi connectivity index (χ1n) is 20.1. The van der Waals surface area contributed by atoms with Crippen molar-refractivity contribution in [1.82, 2.24) is 10.4 Å². The Morgan fingerprint density at radius 1 is 0.981 bits per heavy atom. The molecule has 9 atom stereocenters. The van der Waals surface area contributed by atoms with Gasteiger partial charge in [0.2, 0.25) is 0 Å². The molecule has 0 bridgehead atoms. The zero-order valence-electron chi connectivity index (χ0n) is 32.8. The molecule has 4 aliphatic carbocycles. The number of ether oxygens (including phenoxy) is 2. The lowest BCUT2D eigenvalue weighted by Crippen LogP contribution is -2.78. The second-order valence-electron chi connectivity index (χ2n) is 16.9. The third-order valence-corrected chi connectivity index (χ3v) is 14.7. The van der Waals surface area contributed by atoms with E-state index >= 15 is 0 Å². The van der Waals surface area contributed by atoms with Gasteiger partial charge in [-0.1, -0.05) is 65.5 Å². The van der Waals surface area contributed by atoms with Gasteiger partial charge in [0.1, 0.15) is 12.4 Å². The largest absolute Gasteiger partial charge is 0.462 e. The number of esters is 1. The maximum Gasteiger partial charge on any atom is 0.405 e. The van der Waals surface area contributed by atoms with Crippen LogP contribution in [-0.4, -0.2) is 70.4 Å². The summed E-state index contributed by atoms with van der Waals surface area (Å²) in [7, 11) is -3.66. The van der Waals surface area contributed by atoms with Crippen LogP contribution in [0.3, 0.4) is 0 Å². The van der Waals surface area contributed by atoms with E-state index in [1.54, 1.807) is 0 Å². The van der Waals surface area contributed by atoms with Gasteiger partial charge in [-0.25, -0.2) is 9.65 Å². The SMILES string of the molecule is CC(C)CCCC(C)C1CCC2C3CC=C4CC(OC(=O)CCOCCNP(=O)(OCCNC(N)N)OCC[NH+]=C(N)N)CCC4(C)C3CCC12C. The van der Waals surface area contributed by atoms with Gasteiger partial charge in [-0.05, 0) is 91.3 Å². The summed E-state index contributed by atoms with van der Waals surface area (Å²) in [6.45, 7) is 13.6. The number of fused-ring (bicyclic) bond motifs is 5. The third kappa shape index (κ3) is 11.7. The maximum absolute atomic E-state index is 13.1. The van der Waals surface area contributed by atoms with E-state index in [4.69, 9.17) is 41.5 Å². The fourth-order valence-electron chi connectivity index (χ4n) is 10.4. The van der Waals surface area contributed by atoms with Crippen LogP contribution >= 0.6 is 7.75 Å². The first-order valence-corrected chi connectivity index (χ1v) is 21.7. The summed E-state index contributed by atoms with van der Waals surface area (Å²) >= 11 is 0.